The summed E-state index contributed by atoms with van der Waals surface area (Å²) in [7, 11) is 0. The van der Waals surface area contributed by atoms with Crippen LogP contribution in [-0.4, -0.2) is 21.6 Å². The van der Waals surface area contributed by atoms with Gasteiger partial charge in [0.05, 0.1) is 6.61 Å². The third kappa shape index (κ3) is 3.18. The standard InChI is InChI=1S/C13H15N3O2/c1-2-14-12-7-13(16-9-15-12)18-11-5-3-4-10(6-11)8-17/h3-7,9,17H,2,8H2,1H3,(H,14,15,16). The summed E-state index contributed by atoms with van der Waals surface area (Å²) in [6.45, 7) is 2.77. The second kappa shape index (κ2) is 5.97. The van der Waals surface area contributed by atoms with Crippen molar-refractivity contribution in [2.45, 2.75) is 13.5 Å². The Balaban J connectivity index is 2.14. The molecule has 0 bridgehead atoms. The number of nitrogens with one attached hydrogen (secondary N) is 1. The summed E-state index contributed by atoms with van der Waals surface area (Å²) < 4.78 is 5.61. The van der Waals surface area contributed by atoms with Crippen LogP contribution in [0.3, 0.4) is 0 Å². The molecular formula is C13H15N3O2. The molecule has 0 amide bonds. The van der Waals surface area contributed by atoms with Crippen LogP contribution in [0.5, 0.6) is 11.6 Å². The number of rotatable bonds is 5. The Bertz CT molecular complexity index is 517. The fraction of sp³-hybridized carbons (Fsp3) is 0.231. The van der Waals surface area contributed by atoms with E-state index in [1.165, 1.54) is 6.33 Å². The van der Waals surface area contributed by atoms with Crippen molar-refractivity contribution >= 4 is 5.82 Å². The Morgan fingerprint density at radius 3 is 2.94 bits per heavy atom. The normalized spacial score (nSPS) is 10.1. The SMILES string of the molecule is CCNc1cc(Oc2cccc(CO)c2)ncn1. The lowest BCUT2D eigenvalue weighted by molar-refractivity contribution is 0.281. The molecule has 0 aliphatic carbocycles. The number of ether oxygens (including phenoxy) is 1. The number of aromatic nitrogens is 2. The Morgan fingerprint density at radius 2 is 2.17 bits per heavy atom. The number of anilines is 1. The van der Waals surface area contributed by atoms with E-state index in [1.807, 2.05) is 25.1 Å². The van der Waals surface area contributed by atoms with E-state index in [4.69, 9.17) is 9.84 Å². The van der Waals surface area contributed by atoms with Crippen molar-refractivity contribution in [3.63, 3.8) is 0 Å². The molecule has 94 valence electrons. The lowest BCUT2D eigenvalue weighted by atomic mass is 10.2. The van der Waals surface area contributed by atoms with Crippen LogP contribution in [0.2, 0.25) is 0 Å². The molecular weight excluding hydrogens is 230 g/mol. The fourth-order valence-electron chi connectivity index (χ4n) is 1.50. The van der Waals surface area contributed by atoms with Crippen molar-refractivity contribution in [2.75, 3.05) is 11.9 Å². The molecule has 0 saturated carbocycles. The third-order valence-corrected chi connectivity index (χ3v) is 2.30. The lowest BCUT2D eigenvalue weighted by Crippen LogP contribution is -2.00. The van der Waals surface area contributed by atoms with Gasteiger partial charge in [-0.1, -0.05) is 12.1 Å². The molecule has 5 heteroatoms. The van der Waals surface area contributed by atoms with Gasteiger partial charge in [-0.2, -0.15) is 0 Å². The molecule has 0 fully saturated rings. The van der Waals surface area contributed by atoms with E-state index in [-0.39, 0.29) is 6.61 Å². The zero-order valence-corrected chi connectivity index (χ0v) is 10.1. The zero-order chi connectivity index (χ0) is 12.8. The quantitative estimate of drug-likeness (QED) is 0.845. The molecule has 1 heterocycles. The number of aliphatic hydroxyl groups excluding tert-OH is 1. The van der Waals surface area contributed by atoms with Crippen molar-refractivity contribution in [3.05, 3.63) is 42.2 Å². The molecule has 1 aromatic heterocycles. The van der Waals surface area contributed by atoms with Crippen molar-refractivity contribution in [3.8, 4) is 11.6 Å². The molecule has 5 nitrogen and oxygen atoms in total. The van der Waals surface area contributed by atoms with Gasteiger partial charge in [0.25, 0.3) is 0 Å². The summed E-state index contributed by atoms with van der Waals surface area (Å²) in [6, 6.07) is 8.97. The Morgan fingerprint density at radius 1 is 1.28 bits per heavy atom. The van der Waals surface area contributed by atoms with E-state index in [2.05, 4.69) is 15.3 Å². The third-order valence-electron chi connectivity index (χ3n) is 2.30. The highest BCUT2D eigenvalue weighted by Crippen LogP contribution is 2.21. The topological polar surface area (TPSA) is 67.3 Å². The first-order chi connectivity index (χ1) is 8.81. The molecule has 0 aliphatic rings. The maximum atomic E-state index is 9.05. The van der Waals surface area contributed by atoms with Crippen LogP contribution in [0, 0.1) is 0 Å². The minimum atomic E-state index is -0.0103. The molecule has 0 radical (unpaired) electrons. The predicted octanol–water partition coefficient (Wildman–Crippen LogP) is 2.19. The van der Waals surface area contributed by atoms with Crippen LogP contribution >= 0.6 is 0 Å². The molecule has 0 aliphatic heterocycles. The van der Waals surface area contributed by atoms with E-state index in [1.54, 1.807) is 12.1 Å². The van der Waals surface area contributed by atoms with E-state index >= 15 is 0 Å². The first-order valence-corrected chi connectivity index (χ1v) is 5.75. The van der Waals surface area contributed by atoms with E-state index in [0.717, 1.165) is 17.9 Å². The first-order valence-electron chi connectivity index (χ1n) is 5.75. The minimum absolute atomic E-state index is 0.0103. The van der Waals surface area contributed by atoms with Crippen LogP contribution in [0.4, 0.5) is 5.82 Å². The molecule has 2 aromatic rings. The molecule has 18 heavy (non-hydrogen) atoms. The van der Waals surface area contributed by atoms with E-state index in [9.17, 15) is 0 Å². The molecule has 0 unspecified atom stereocenters. The first kappa shape index (κ1) is 12.3. The summed E-state index contributed by atoms with van der Waals surface area (Å²) in [6.07, 6.45) is 1.45. The average Bonchev–Trinajstić information content (AvgIpc) is 2.40. The van der Waals surface area contributed by atoms with Gasteiger partial charge in [-0.15, -0.1) is 0 Å². The number of hydrogen-bond donors (Lipinski definition) is 2. The van der Waals surface area contributed by atoms with Gasteiger partial charge >= 0.3 is 0 Å². The van der Waals surface area contributed by atoms with Gasteiger partial charge in [0.15, 0.2) is 0 Å². The van der Waals surface area contributed by atoms with Gasteiger partial charge < -0.3 is 15.2 Å². The van der Waals surface area contributed by atoms with Gasteiger partial charge in [0.1, 0.15) is 17.9 Å². The highest BCUT2D eigenvalue weighted by molar-refractivity contribution is 5.39. The Hall–Kier alpha value is -2.14. The second-order valence-corrected chi connectivity index (χ2v) is 3.68. The second-order valence-electron chi connectivity index (χ2n) is 3.68. The summed E-state index contributed by atoms with van der Waals surface area (Å²) in [4.78, 5) is 8.10. The van der Waals surface area contributed by atoms with E-state index in [0.29, 0.717) is 11.6 Å². The molecule has 0 saturated heterocycles. The van der Waals surface area contributed by atoms with Crippen molar-refractivity contribution in [1.82, 2.24) is 9.97 Å². The van der Waals surface area contributed by atoms with Crippen LogP contribution in [0.25, 0.3) is 0 Å². The average molecular weight is 245 g/mol. The monoisotopic (exact) mass is 245 g/mol. The number of benzene rings is 1. The van der Waals surface area contributed by atoms with Gasteiger partial charge in [-0.3, -0.25) is 0 Å². The van der Waals surface area contributed by atoms with Gasteiger partial charge in [-0.25, -0.2) is 9.97 Å². The van der Waals surface area contributed by atoms with Crippen LogP contribution < -0.4 is 10.1 Å². The highest BCUT2D eigenvalue weighted by Gasteiger charge is 2.01. The number of aliphatic hydroxyl groups is 1. The highest BCUT2D eigenvalue weighted by atomic mass is 16.5. The molecule has 2 N–H and O–H groups in total. The summed E-state index contributed by atoms with van der Waals surface area (Å²) in [5.41, 5.74) is 0.800. The zero-order valence-electron chi connectivity index (χ0n) is 10.1. The maximum absolute atomic E-state index is 9.05. The van der Waals surface area contributed by atoms with Crippen LogP contribution in [-0.2, 0) is 6.61 Å². The smallest absolute Gasteiger partial charge is 0.224 e. The van der Waals surface area contributed by atoms with Crippen molar-refractivity contribution < 1.29 is 9.84 Å². The Kier molecular flexibility index (Phi) is 4.09. The fourth-order valence-corrected chi connectivity index (χ4v) is 1.50. The van der Waals surface area contributed by atoms with Crippen molar-refractivity contribution in [1.29, 1.82) is 0 Å². The number of nitrogens with zero attached hydrogens (tertiary/aromatic N) is 2. The lowest BCUT2D eigenvalue weighted by Gasteiger charge is -2.07. The van der Waals surface area contributed by atoms with Gasteiger partial charge in [-0.05, 0) is 24.6 Å². The summed E-state index contributed by atoms with van der Waals surface area (Å²) in [5, 5.41) is 12.1. The van der Waals surface area contributed by atoms with E-state index < -0.39 is 0 Å². The molecule has 0 atom stereocenters. The Labute approximate surface area is 105 Å². The largest absolute Gasteiger partial charge is 0.439 e. The minimum Gasteiger partial charge on any atom is -0.439 e. The molecule has 1 aromatic carbocycles. The predicted molar refractivity (Wildman–Crippen MR) is 68.6 cm³/mol. The maximum Gasteiger partial charge on any atom is 0.224 e. The number of hydrogen-bond acceptors (Lipinski definition) is 5. The van der Waals surface area contributed by atoms with Crippen LogP contribution in [0.1, 0.15) is 12.5 Å². The van der Waals surface area contributed by atoms with Crippen molar-refractivity contribution in [2.24, 2.45) is 0 Å². The van der Waals surface area contributed by atoms with Gasteiger partial charge in [0, 0.05) is 12.6 Å². The summed E-state index contributed by atoms with van der Waals surface area (Å²) >= 11 is 0. The van der Waals surface area contributed by atoms with Gasteiger partial charge in [0.2, 0.25) is 5.88 Å². The molecule has 0 spiro atoms. The van der Waals surface area contributed by atoms with Crippen LogP contribution in [0.15, 0.2) is 36.7 Å². The summed E-state index contributed by atoms with van der Waals surface area (Å²) in [5.74, 6) is 1.83. The molecule has 2 rings (SSSR count).